The number of hydrogen-bond acceptors (Lipinski definition) is 2. The fourth-order valence-electron chi connectivity index (χ4n) is 3.82. The molecule has 1 saturated heterocycles. The van der Waals surface area contributed by atoms with Gasteiger partial charge < -0.3 is 10.2 Å². The third-order valence-electron chi connectivity index (χ3n) is 5.63. The van der Waals surface area contributed by atoms with Crippen molar-refractivity contribution in [3.05, 3.63) is 71.5 Å². The van der Waals surface area contributed by atoms with E-state index in [1.807, 2.05) is 30.3 Å². The van der Waals surface area contributed by atoms with Gasteiger partial charge in [-0.05, 0) is 30.9 Å². The zero-order chi connectivity index (χ0) is 18.9. The maximum atomic E-state index is 13.9. The topological polar surface area (TPSA) is 49.4 Å². The second kappa shape index (κ2) is 7.14. The lowest BCUT2D eigenvalue weighted by Gasteiger charge is -2.33. The standard InChI is InChI=1S/C22H23FN2O2/c23-19-9-5-4-6-16(19)14-25-15-17(10-11-20(25)26)21(27)24-22(12-13-22)18-7-2-1-3-8-18/h1-9,17H,10-15H2,(H,24,27)/t17-/m1/s1. The molecule has 1 N–H and O–H groups in total. The minimum atomic E-state index is -0.321. The number of likely N-dealkylation sites (tertiary alicyclic amines) is 1. The van der Waals surface area contributed by atoms with Crippen molar-refractivity contribution in [3.8, 4) is 0 Å². The highest BCUT2D eigenvalue weighted by molar-refractivity contribution is 5.84. The van der Waals surface area contributed by atoms with Crippen molar-refractivity contribution in [2.45, 2.75) is 37.8 Å². The van der Waals surface area contributed by atoms with E-state index < -0.39 is 0 Å². The van der Waals surface area contributed by atoms with Crippen LogP contribution in [0.4, 0.5) is 4.39 Å². The molecule has 1 aliphatic heterocycles. The molecule has 0 aromatic heterocycles. The van der Waals surface area contributed by atoms with Crippen LogP contribution < -0.4 is 5.32 Å². The molecule has 2 amide bonds. The molecule has 27 heavy (non-hydrogen) atoms. The van der Waals surface area contributed by atoms with Crippen LogP contribution in [0.2, 0.25) is 0 Å². The highest BCUT2D eigenvalue weighted by Gasteiger charge is 2.46. The van der Waals surface area contributed by atoms with Gasteiger partial charge in [0.2, 0.25) is 11.8 Å². The fraction of sp³-hybridized carbons (Fsp3) is 0.364. The summed E-state index contributed by atoms with van der Waals surface area (Å²) in [5.74, 6) is -0.609. The number of benzene rings is 2. The van der Waals surface area contributed by atoms with E-state index in [4.69, 9.17) is 0 Å². The number of nitrogens with zero attached hydrogens (tertiary/aromatic N) is 1. The van der Waals surface area contributed by atoms with Gasteiger partial charge in [0.25, 0.3) is 0 Å². The number of amides is 2. The van der Waals surface area contributed by atoms with Crippen molar-refractivity contribution >= 4 is 11.8 Å². The molecule has 1 atom stereocenters. The maximum absolute atomic E-state index is 13.9. The van der Waals surface area contributed by atoms with E-state index in [0.717, 1.165) is 18.4 Å². The molecule has 4 nitrogen and oxygen atoms in total. The first-order valence-electron chi connectivity index (χ1n) is 9.46. The predicted molar refractivity (Wildman–Crippen MR) is 100 cm³/mol. The van der Waals surface area contributed by atoms with Crippen LogP contribution >= 0.6 is 0 Å². The Kier molecular flexibility index (Phi) is 4.68. The quantitative estimate of drug-likeness (QED) is 0.882. The Morgan fingerprint density at radius 1 is 1.11 bits per heavy atom. The van der Waals surface area contributed by atoms with Gasteiger partial charge in [-0.3, -0.25) is 9.59 Å². The summed E-state index contributed by atoms with van der Waals surface area (Å²) in [4.78, 5) is 26.7. The van der Waals surface area contributed by atoms with Gasteiger partial charge >= 0.3 is 0 Å². The smallest absolute Gasteiger partial charge is 0.225 e. The summed E-state index contributed by atoms with van der Waals surface area (Å²) in [7, 11) is 0. The van der Waals surface area contributed by atoms with E-state index in [-0.39, 0.29) is 35.6 Å². The van der Waals surface area contributed by atoms with E-state index >= 15 is 0 Å². The van der Waals surface area contributed by atoms with Crippen LogP contribution in [0.3, 0.4) is 0 Å². The second-order valence-corrected chi connectivity index (χ2v) is 7.54. The van der Waals surface area contributed by atoms with Gasteiger partial charge in [0, 0.05) is 25.1 Å². The van der Waals surface area contributed by atoms with Gasteiger partial charge in [-0.2, -0.15) is 0 Å². The maximum Gasteiger partial charge on any atom is 0.225 e. The zero-order valence-electron chi connectivity index (χ0n) is 15.2. The largest absolute Gasteiger partial charge is 0.346 e. The summed E-state index contributed by atoms with van der Waals surface area (Å²) < 4.78 is 13.9. The highest BCUT2D eigenvalue weighted by Crippen LogP contribution is 2.45. The summed E-state index contributed by atoms with van der Waals surface area (Å²) in [5.41, 5.74) is 1.36. The Bertz CT molecular complexity index is 848. The number of nitrogens with one attached hydrogen (secondary N) is 1. The van der Waals surface area contributed by atoms with Gasteiger partial charge in [0.05, 0.1) is 11.5 Å². The minimum Gasteiger partial charge on any atom is -0.346 e. The van der Waals surface area contributed by atoms with Crippen LogP contribution in [0.5, 0.6) is 0 Å². The lowest BCUT2D eigenvalue weighted by molar-refractivity contribution is -0.139. The first-order chi connectivity index (χ1) is 13.1. The van der Waals surface area contributed by atoms with Crippen LogP contribution in [0.15, 0.2) is 54.6 Å². The highest BCUT2D eigenvalue weighted by atomic mass is 19.1. The van der Waals surface area contributed by atoms with Crippen molar-refractivity contribution in [1.82, 2.24) is 10.2 Å². The van der Waals surface area contributed by atoms with Crippen LogP contribution in [-0.2, 0) is 21.7 Å². The van der Waals surface area contributed by atoms with Crippen molar-refractivity contribution < 1.29 is 14.0 Å². The van der Waals surface area contributed by atoms with Gasteiger partial charge in [-0.25, -0.2) is 4.39 Å². The molecular weight excluding hydrogens is 343 g/mol. The van der Waals surface area contributed by atoms with Crippen LogP contribution in [0.1, 0.15) is 36.8 Å². The van der Waals surface area contributed by atoms with E-state index in [2.05, 4.69) is 5.32 Å². The zero-order valence-corrected chi connectivity index (χ0v) is 15.2. The molecule has 1 aliphatic carbocycles. The summed E-state index contributed by atoms with van der Waals surface area (Å²) >= 11 is 0. The molecule has 0 radical (unpaired) electrons. The number of carbonyl (C=O) groups is 2. The molecule has 4 rings (SSSR count). The van der Waals surface area contributed by atoms with E-state index in [9.17, 15) is 14.0 Å². The van der Waals surface area contributed by atoms with Crippen molar-refractivity contribution in [3.63, 3.8) is 0 Å². The minimum absolute atomic E-state index is 0.0117. The molecule has 2 fully saturated rings. The Morgan fingerprint density at radius 3 is 2.52 bits per heavy atom. The van der Waals surface area contributed by atoms with E-state index in [1.54, 1.807) is 23.1 Å². The lowest BCUT2D eigenvalue weighted by atomic mass is 9.94. The summed E-state index contributed by atoms with van der Waals surface area (Å²) in [6, 6.07) is 16.5. The molecule has 5 heteroatoms. The molecule has 1 heterocycles. The number of halogens is 1. The molecule has 2 aromatic rings. The van der Waals surface area contributed by atoms with Crippen molar-refractivity contribution in [2.24, 2.45) is 5.92 Å². The van der Waals surface area contributed by atoms with Crippen LogP contribution in [-0.4, -0.2) is 23.3 Å². The number of piperidine rings is 1. The van der Waals surface area contributed by atoms with Crippen LogP contribution in [0, 0.1) is 11.7 Å². The van der Waals surface area contributed by atoms with Crippen LogP contribution in [0.25, 0.3) is 0 Å². The third-order valence-corrected chi connectivity index (χ3v) is 5.63. The molecule has 0 spiro atoms. The Balaban J connectivity index is 1.43. The fourth-order valence-corrected chi connectivity index (χ4v) is 3.82. The van der Waals surface area contributed by atoms with Crippen molar-refractivity contribution in [2.75, 3.05) is 6.54 Å². The van der Waals surface area contributed by atoms with Crippen molar-refractivity contribution in [1.29, 1.82) is 0 Å². The Hall–Kier alpha value is -2.69. The van der Waals surface area contributed by atoms with Gasteiger partial charge in [-0.1, -0.05) is 48.5 Å². The first-order valence-corrected chi connectivity index (χ1v) is 9.46. The Labute approximate surface area is 158 Å². The predicted octanol–water partition coefficient (Wildman–Crippen LogP) is 3.37. The number of hydrogen-bond donors (Lipinski definition) is 1. The molecule has 2 aliphatic rings. The van der Waals surface area contributed by atoms with Gasteiger partial charge in [0.15, 0.2) is 0 Å². The average molecular weight is 366 g/mol. The summed E-state index contributed by atoms with van der Waals surface area (Å²) in [6.45, 7) is 0.545. The van der Waals surface area contributed by atoms with Gasteiger partial charge in [0.1, 0.15) is 5.82 Å². The monoisotopic (exact) mass is 366 g/mol. The molecule has 140 valence electrons. The summed E-state index contributed by atoms with van der Waals surface area (Å²) in [5, 5.41) is 3.21. The number of rotatable bonds is 5. The normalized spacial score (nSPS) is 21.0. The summed E-state index contributed by atoms with van der Waals surface area (Å²) in [6.07, 6.45) is 2.74. The average Bonchev–Trinajstić information content (AvgIpc) is 3.46. The van der Waals surface area contributed by atoms with Gasteiger partial charge in [-0.15, -0.1) is 0 Å². The SMILES string of the molecule is O=C(NC1(c2ccccc2)CC1)[C@@H]1CCC(=O)N(Cc2ccccc2F)C1. The second-order valence-electron chi connectivity index (χ2n) is 7.54. The lowest BCUT2D eigenvalue weighted by Crippen LogP contribution is -2.47. The first kappa shape index (κ1) is 17.7. The van der Waals surface area contributed by atoms with E-state index in [0.29, 0.717) is 24.9 Å². The molecule has 2 aromatic carbocycles. The van der Waals surface area contributed by atoms with E-state index in [1.165, 1.54) is 6.07 Å². The molecule has 0 bridgehead atoms. The Morgan fingerprint density at radius 2 is 1.81 bits per heavy atom. The molecule has 1 saturated carbocycles. The molecule has 0 unspecified atom stereocenters. The number of carbonyl (C=O) groups excluding carboxylic acids is 2. The molecular formula is C22H23FN2O2. The third kappa shape index (κ3) is 3.72.